The zero-order valence-electron chi connectivity index (χ0n) is 10.8. The minimum atomic E-state index is -3.95. The monoisotopic (exact) mass is 322 g/mol. The molecule has 1 aromatic carbocycles. The van der Waals surface area contributed by atoms with Crippen LogP contribution in [0.25, 0.3) is 0 Å². The van der Waals surface area contributed by atoms with Gasteiger partial charge in [0.05, 0.1) is 17.7 Å². The normalized spacial score (nSPS) is 11.9. The average Bonchev–Trinajstić information content (AvgIpc) is 2.24. The van der Waals surface area contributed by atoms with Crippen LogP contribution in [-0.2, 0) is 24.7 Å². The summed E-state index contributed by atoms with van der Waals surface area (Å²) in [5.41, 5.74) is 0.0210. The topological polar surface area (TPSA) is 133 Å². The van der Waals surface area contributed by atoms with Gasteiger partial charge in [0.1, 0.15) is 11.5 Å². The highest BCUT2D eigenvalue weighted by Crippen LogP contribution is 2.27. The van der Waals surface area contributed by atoms with Crippen molar-refractivity contribution in [3.63, 3.8) is 0 Å². The van der Waals surface area contributed by atoms with E-state index in [1.54, 1.807) is 0 Å². The number of primary sulfonamides is 1. The van der Waals surface area contributed by atoms with Crippen molar-refractivity contribution in [3.05, 3.63) is 18.2 Å². The van der Waals surface area contributed by atoms with E-state index in [1.165, 1.54) is 19.2 Å². The van der Waals surface area contributed by atoms with E-state index in [0.717, 1.165) is 12.3 Å². The summed E-state index contributed by atoms with van der Waals surface area (Å²) in [5.74, 6) is -1.35. The highest BCUT2D eigenvalue weighted by Gasteiger charge is 2.16. The molecule has 0 aliphatic rings. The maximum Gasteiger partial charge on any atom is 0.239 e. The Balaban J connectivity index is 3.13. The van der Waals surface area contributed by atoms with E-state index in [-0.39, 0.29) is 16.3 Å². The first kappa shape index (κ1) is 16.4. The molecule has 1 rings (SSSR count). The first-order chi connectivity index (χ1) is 9.03. The zero-order valence-corrected chi connectivity index (χ0v) is 12.4. The van der Waals surface area contributed by atoms with E-state index in [2.05, 4.69) is 5.32 Å². The van der Waals surface area contributed by atoms with Crippen molar-refractivity contribution in [2.75, 3.05) is 24.4 Å². The first-order valence-corrected chi connectivity index (χ1v) is 8.82. The molecule has 0 unspecified atom stereocenters. The quantitative estimate of drug-likeness (QED) is 0.738. The summed E-state index contributed by atoms with van der Waals surface area (Å²) in [6.45, 7) is 0. The van der Waals surface area contributed by atoms with Crippen LogP contribution < -0.4 is 15.2 Å². The van der Waals surface area contributed by atoms with Gasteiger partial charge >= 0.3 is 0 Å². The lowest BCUT2D eigenvalue weighted by molar-refractivity contribution is -0.113. The number of carbonyl (C=O) groups excluding carboxylic acids is 1. The van der Waals surface area contributed by atoms with E-state index in [9.17, 15) is 21.6 Å². The number of hydrogen-bond acceptors (Lipinski definition) is 6. The number of methoxy groups -OCH3 is 1. The molecule has 112 valence electrons. The fraction of sp³-hybridized carbons (Fsp3) is 0.300. The van der Waals surface area contributed by atoms with Crippen molar-refractivity contribution in [1.82, 2.24) is 0 Å². The van der Waals surface area contributed by atoms with Gasteiger partial charge in [0, 0.05) is 6.26 Å². The third-order valence-electron chi connectivity index (χ3n) is 2.17. The molecule has 0 bridgehead atoms. The van der Waals surface area contributed by atoms with Crippen LogP contribution in [0.5, 0.6) is 5.75 Å². The van der Waals surface area contributed by atoms with Gasteiger partial charge in [-0.3, -0.25) is 4.79 Å². The molecule has 0 saturated heterocycles. The van der Waals surface area contributed by atoms with Gasteiger partial charge < -0.3 is 10.1 Å². The largest absolute Gasteiger partial charge is 0.495 e. The number of benzene rings is 1. The van der Waals surface area contributed by atoms with E-state index in [1.807, 2.05) is 0 Å². The minimum absolute atomic E-state index is 0.0210. The molecule has 0 spiro atoms. The van der Waals surface area contributed by atoms with Crippen molar-refractivity contribution in [2.24, 2.45) is 5.14 Å². The van der Waals surface area contributed by atoms with Gasteiger partial charge in [-0.2, -0.15) is 0 Å². The molecule has 0 radical (unpaired) electrons. The second-order valence-corrected chi connectivity index (χ2v) is 7.73. The Morgan fingerprint density at radius 2 is 1.90 bits per heavy atom. The molecule has 1 aromatic rings. The Hall–Kier alpha value is -1.65. The number of anilines is 1. The van der Waals surface area contributed by atoms with Crippen LogP contribution in [0.4, 0.5) is 5.69 Å². The van der Waals surface area contributed by atoms with Gasteiger partial charge in [0.15, 0.2) is 9.84 Å². The zero-order chi connectivity index (χ0) is 15.6. The van der Waals surface area contributed by atoms with Crippen LogP contribution in [0.2, 0.25) is 0 Å². The molecule has 0 atom stereocenters. The molecule has 10 heteroatoms. The average molecular weight is 322 g/mol. The molecule has 1 amide bonds. The van der Waals surface area contributed by atoms with Gasteiger partial charge in [0.2, 0.25) is 15.9 Å². The molecule has 0 aromatic heterocycles. The lowest BCUT2D eigenvalue weighted by Crippen LogP contribution is -2.22. The van der Waals surface area contributed by atoms with Crippen molar-refractivity contribution < 1.29 is 26.4 Å². The van der Waals surface area contributed by atoms with Gasteiger partial charge in [-0.15, -0.1) is 0 Å². The summed E-state index contributed by atoms with van der Waals surface area (Å²) >= 11 is 0. The summed E-state index contributed by atoms with van der Waals surface area (Å²) in [4.78, 5) is 11.3. The summed E-state index contributed by atoms with van der Waals surface area (Å²) in [6, 6.07) is 3.60. The van der Waals surface area contributed by atoms with Gasteiger partial charge in [0.25, 0.3) is 0 Å². The van der Waals surface area contributed by atoms with Crippen LogP contribution in [0.15, 0.2) is 23.1 Å². The van der Waals surface area contributed by atoms with E-state index < -0.39 is 31.5 Å². The van der Waals surface area contributed by atoms with Crippen LogP contribution >= 0.6 is 0 Å². The fourth-order valence-electron chi connectivity index (χ4n) is 1.39. The number of rotatable bonds is 5. The standard InChI is InChI=1S/C10H14N2O6S2/c1-18-9-4-3-7(20(11,16)17)5-8(9)12-10(13)6-19(2,14)15/h3-5H,6H2,1-2H3,(H,12,13)(H2,11,16,17). The summed E-state index contributed by atoms with van der Waals surface area (Å²) < 4.78 is 49.4. The molecule has 0 aliphatic heterocycles. The smallest absolute Gasteiger partial charge is 0.239 e. The summed E-state index contributed by atoms with van der Waals surface area (Å²) in [5, 5.41) is 7.24. The molecule has 8 nitrogen and oxygen atoms in total. The SMILES string of the molecule is COc1ccc(S(N)(=O)=O)cc1NC(=O)CS(C)(=O)=O. The molecule has 20 heavy (non-hydrogen) atoms. The third-order valence-corrected chi connectivity index (χ3v) is 3.86. The van der Waals surface area contributed by atoms with Crippen LogP contribution in [0, 0.1) is 0 Å². The Kier molecular flexibility index (Phi) is 4.73. The number of amides is 1. The molecule has 0 fully saturated rings. The van der Waals surface area contributed by atoms with Crippen LogP contribution in [0.1, 0.15) is 0 Å². The number of sulfone groups is 1. The number of carbonyl (C=O) groups is 1. The van der Waals surface area contributed by atoms with Crippen molar-refractivity contribution in [3.8, 4) is 5.75 Å². The maximum atomic E-state index is 11.5. The van der Waals surface area contributed by atoms with Gasteiger partial charge in [-0.25, -0.2) is 22.0 Å². The fourth-order valence-corrected chi connectivity index (χ4v) is 2.47. The lowest BCUT2D eigenvalue weighted by atomic mass is 10.3. The van der Waals surface area contributed by atoms with Crippen LogP contribution in [-0.4, -0.2) is 41.9 Å². The Labute approximate surface area is 116 Å². The summed E-state index contributed by atoms with van der Waals surface area (Å²) in [7, 11) is -6.13. The predicted molar refractivity (Wildman–Crippen MR) is 72.7 cm³/mol. The highest BCUT2D eigenvalue weighted by molar-refractivity contribution is 7.91. The molecular weight excluding hydrogens is 308 g/mol. The molecular formula is C10H14N2O6S2. The molecule has 3 N–H and O–H groups in total. The van der Waals surface area contributed by atoms with Crippen LogP contribution in [0.3, 0.4) is 0 Å². The van der Waals surface area contributed by atoms with E-state index in [0.29, 0.717) is 0 Å². The Bertz CT molecular complexity index is 724. The first-order valence-electron chi connectivity index (χ1n) is 5.21. The Morgan fingerprint density at radius 1 is 1.30 bits per heavy atom. The Morgan fingerprint density at radius 3 is 2.35 bits per heavy atom. The van der Waals surface area contributed by atoms with Crippen molar-refractivity contribution in [2.45, 2.75) is 4.90 Å². The predicted octanol–water partition coefficient (Wildman–Crippen LogP) is -0.674. The number of ether oxygens (including phenoxy) is 1. The number of nitrogens with one attached hydrogen (secondary N) is 1. The van der Waals surface area contributed by atoms with E-state index >= 15 is 0 Å². The summed E-state index contributed by atoms with van der Waals surface area (Å²) in [6.07, 6.45) is 0.907. The van der Waals surface area contributed by atoms with Gasteiger partial charge in [-0.1, -0.05) is 0 Å². The molecule has 0 heterocycles. The van der Waals surface area contributed by atoms with Crippen molar-refractivity contribution in [1.29, 1.82) is 0 Å². The number of sulfonamides is 1. The second-order valence-electron chi connectivity index (χ2n) is 4.03. The molecule has 0 saturated carbocycles. The highest BCUT2D eigenvalue weighted by atomic mass is 32.2. The second kappa shape index (κ2) is 5.77. The number of nitrogens with two attached hydrogens (primary N) is 1. The maximum absolute atomic E-state index is 11.5. The third kappa shape index (κ3) is 4.79. The van der Waals surface area contributed by atoms with Gasteiger partial charge in [-0.05, 0) is 18.2 Å². The minimum Gasteiger partial charge on any atom is -0.495 e. The lowest BCUT2D eigenvalue weighted by Gasteiger charge is -2.11. The molecule has 0 aliphatic carbocycles. The number of hydrogen-bond donors (Lipinski definition) is 2. The van der Waals surface area contributed by atoms with Crippen molar-refractivity contribution >= 4 is 31.5 Å². The van der Waals surface area contributed by atoms with E-state index in [4.69, 9.17) is 9.88 Å².